The molecule has 1 amide bonds. The van der Waals surface area contributed by atoms with Gasteiger partial charge in [-0.25, -0.2) is 4.98 Å². The molecule has 4 nitrogen and oxygen atoms in total. The van der Waals surface area contributed by atoms with Gasteiger partial charge < -0.3 is 10.1 Å². The van der Waals surface area contributed by atoms with Crippen LogP contribution in [0.5, 0.6) is 5.75 Å². The summed E-state index contributed by atoms with van der Waals surface area (Å²) in [6, 6.07) is 8.25. The zero-order valence-corrected chi connectivity index (χ0v) is 18.5. The van der Waals surface area contributed by atoms with E-state index in [2.05, 4.69) is 10.3 Å². The number of amides is 1. The van der Waals surface area contributed by atoms with Crippen LogP contribution >= 0.6 is 11.6 Å². The number of halogens is 4. The van der Waals surface area contributed by atoms with Crippen LogP contribution in [0, 0.1) is 11.8 Å². The van der Waals surface area contributed by atoms with Gasteiger partial charge in [0.1, 0.15) is 11.6 Å². The van der Waals surface area contributed by atoms with Crippen LogP contribution in [0.15, 0.2) is 42.6 Å². The Morgan fingerprint density at radius 1 is 1.16 bits per heavy atom. The number of benzene rings is 1. The van der Waals surface area contributed by atoms with E-state index in [4.69, 9.17) is 16.3 Å². The molecule has 0 bridgehead atoms. The average molecular weight is 457 g/mol. The smallest absolute Gasteiger partial charge is 0.416 e. The van der Waals surface area contributed by atoms with E-state index in [9.17, 15) is 18.0 Å². The SMILES string of the molecule is CCC(CCC[C@H](CC)C(=O)Nc1ccc(Cl)cn1)COc1cccc(C(F)(F)F)c1. The lowest BCUT2D eigenvalue weighted by atomic mass is 9.93. The Balaban J connectivity index is 1.80. The van der Waals surface area contributed by atoms with Crippen LogP contribution in [0.3, 0.4) is 0 Å². The van der Waals surface area contributed by atoms with Gasteiger partial charge in [0.25, 0.3) is 0 Å². The van der Waals surface area contributed by atoms with E-state index in [1.165, 1.54) is 18.3 Å². The molecule has 0 saturated carbocycles. The van der Waals surface area contributed by atoms with E-state index < -0.39 is 11.7 Å². The quantitative estimate of drug-likeness (QED) is 0.396. The number of nitrogens with zero attached hydrogens (tertiary/aromatic N) is 1. The summed E-state index contributed by atoms with van der Waals surface area (Å²) in [5.74, 6) is 0.668. The van der Waals surface area contributed by atoms with E-state index in [0.29, 0.717) is 23.9 Å². The highest BCUT2D eigenvalue weighted by atomic mass is 35.5. The molecule has 0 aliphatic carbocycles. The second-order valence-corrected chi connectivity index (χ2v) is 7.93. The van der Waals surface area contributed by atoms with Crippen molar-refractivity contribution in [2.24, 2.45) is 11.8 Å². The van der Waals surface area contributed by atoms with Gasteiger partial charge in [0.2, 0.25) is 5.91 Å². The van der Waals surface area contributed by atoms with E-state index in [1.54, 1.807) is 12.1 Å². The molecular weight excluding hydrogens is 429 g/mol. The molecule has 0 aliphatic heterocycles. The molecule has 0 fully saturated rings. The molecule has 1 heterocycles. The number of nitrogens with one attached hydrogen (secondary N) is 1. The molecule has 1 aromatic carbocycles. The molecule has 31 heavy (non-hydrogen) atoms. The Bertz CT molecular complexity index is 828. The minimum atomic E-state index is -4.39. The number of aromatic nitrogens is 1. The fraction of sp³-hybridized carbons (Fsp3) is 0.478. The minimum Gasteiger partial charge on any atom is -0.493 e. The Kier molecular flexibility index (Phi) is 9.62. The molecule has 0 aliphatic rings. The molecule has 8 heteroatoms. The van der Waals surface area contributed by atoms with Gasteiger partial charge in [-0.2, -0.15) is 13.2 Å². The van der Waals surface area contributed by atoms with Crippen molar-refractivity contribution < 1.29 is 22.7 Å². The number of ether oxygens (including phenoxy) is 1. The highest BCUT2D eigenvalue weighted by Gasteiger charge is 2.30. The van der Waals surface area contributed by atoms with Crippen LogP contribution in [0.1, 0.15) is 51.5 Å². The van der Waals surface area contributed by atoms with Crippen molar-refractivity contribution >= 4 is 23.3 Å². The monoisotopic (exact) mass is 456 g/mol. The van der Waals surface area contributed by atoms with E-state index in [1.807, 2.05) is 13.8 Å². The third kappa shape index (κ3) is 8.40. The molecule has 1 unspecified atom stereocenters. The molecule has 0 saturated heterocycles. The molecule has 1 aromatic heterocycles. The third-order valence-corrected chi connectivity index (χ3v) is 5.46. The summed E-state index contributed by atoms with van der Waals surface area (Å²) in [7, 11) is 0. The summed E-state index contributed by atoms with van der Waals surface area (Å²) in [6.45, 7) is 4.33. The summed E-state index contributed by atoms with van der Waals surface area (Å²) in [5, 5.41) is 3.31. The van der Waals surface area contributed by atoms with Gasteiger partial charge in [-0.15, -0.1) is 0 Å². The van der Waals surface area contributed by atoms with Crippen LogP contribution in [0.4, 0.5) is 19.0 Å². The van der Waals surface area contributed by atoms with Crippen LogP contribution in [0.2, 0.25) is 5.02 Å². The fourth-order valence-electron chi connectivity index (χ4n) is 3.23. The average Bonchev–Trinajstić information content (AvgIpc) is 2.74. The number of alkyl halides is 3. The van der Waals surface area contributed by atoms with Crippen molar-refractivity contribution in [3.8, 4) is 5.75 Å². The highest BCUT2D eigenvalue weighted by Crippen LogP contribution is 2.31. The van der Waals surface area contributed by atoms with E-state index in [0.717, 1.165) is 37.8 Å². The summed E-state index contributed by atoms with van der Waals surface area (Å²) in [6.07, 6.45) is 1.02. The maximum absolute atomic E-state index is 12.8. The first kappa shape index (κ1) is 25.0. The van der Waals surface area contributed by atoms with Crippen molar-refractivity contribution in [2.45, 2.75) is 52.1 Å². The lowest BCUT2D eigenvalue weighted by molar-refractivity contribution is -0.137. The van der Waals surface area contributed by atoms with Crippen molar-refractivity contribution in [1.82, 2.24) is 4.98 Å². The molecule has 170 valence electrons. The summed E-state index contributed by atoms with van der Waals surface area (Å²) in [5.41, 5.74) is -0.718. The molecule has 0 spiro atoms. The lowest BCUT2D eigenvalue weighted by Crippen LogP contribution is -2.23. The second-order valence-electron chi connectivity index (χ2n) is 7.50. The molecule has 2 atom stereocenters. The van der Waals surface area contributed by atoms with Crippen molar-refractivity contribution in [2.75, 3.05) is 11.9 Å². The Morgan fingerprint density at radius 3 is 2.55 bits per heavy atom. The predicted molar refractivity (Wildman–Crippen MR) is 116 cm³/mol. The van der Waals surface area contributed by atoms with Crippen LogP contribution in [-0.2, 0) is 11.0 Å². The topological polar surface area (TPSA) is 51.2 Å². The van der Waals surface area contributed by atoms with E-state index in [-0.39, 0.29) is 23.5 Å². The highest BCUT2D eigenvalue weighted by molar-refractivity contribution is 6.30. The Morgan fingerprint density at radius 2 is 1.94 bits per heavy atom. The number of anilines is 1. The van der Waals surface area contributed by atoms with Gasteiger partial charge in [0, 0.05) is 12.1 Å². The first-order chi connectivity index (χ1) is 14.7. The van der Waals surface area contributed by atoms with Crippen LogP contribution in [-0.4, -0.2) is 17.5 Å². The van der Waals surface area contributed by atoms with Crippen LogP contribution in [0.25, 0.3) is 0 Å². The number of hydrogen-bond acceptors (Lipinski definition) is 3. The van der Waals surface area contributed by atoms with Gasteiger partial charge in [-0.1, -0.05) is 44.4 Å². The largest absolute Gasteiger partial charge is 0.493 e. The molecule has 1 N–H and O–H groups in total. The van der Waals surface area contributed by atoms with E-state index >= 15 is 0 Å². The maximum Gasteiger partial charge on any atom is 0.416 e. The van der Waals surface area contributed by atoms with Crippen molar-refractivity contribution in [1.29, 1.82) is 0 Å². The summed E-state index contributed by atoms with van der Waals surface area (Å²) in [4.78, 5) is 16.6. The van der Waals surface area contributed by atoms with Gasteiger partial charge in [0.15, 0.2) is 0 Å². The standard InChI is InChI=1S/C23H28ClF3N2O2/c1-3-16(15-31-20-10-6-9-18(13-20)23(25,26)27)7-5-8-17(4-2)22(30)29-21-12-11-19(24)14-28-21/h6,9-14,16-17H,3-5,7-8,15H2,1-2H3,(H,28,29,30)/t16?,17-/m0/s1. The first-order valence-electron chi connectivity index (χ1n) is 10.4. The number of carbonyl (C=O) groups excluding carboxylic acids is 1. The zero-order chi connectivity index (χ0) is 22.9. The number of hydrogen-bond donors (Lipinski definition) is 1. The van der Waals surface area contributed by atoms with Gasteiger partial charge >= 0.3 is 6.18 Å². The first-order valence-corrected chi connectivity index (χ1v) is 10.8. The summed E-state index contributed by atoms with van der Waals surface area (Å²) >= 11 is 5.81. The molecule has 2 rings (SSSR count). The molecule has 0 radical (unpaired) electrons. The van der Waals surface area contributed by atoms with Crippen molar-refractivity contribution in [3.63, 3.8) is 0 Å². The Labute approximate surface area is 186 Å². The normalized spacial score (nSPS) is 13.5. The maximum atomic E-state index is 12.8. The van der Waals surface area contributed by atoms with Gasteiger partial charge in [0.05, 0.1) is 17.2 Å². The fourth-order valence-corrected chi connectivity index (χ4v) is 3.34. The third-order valence-electron chi connectivity index (χ3n) is 5.23. The van der Waals surface area contributed by atoms with Crippen LogP contribution < -0.4 is 10.1 Å². The predicted octanol–water partition coefficient (Wildman–Crippen LogP) is 6.99. The van der Waals surface area contributed by atoms with Gasteiger partial charge in [-0.3, -0.25) is 4.79 Å². The number of pyridine rings is 1. The molecular formula is C23H28ClF3N2O2. The van der Waals surface area contributed by atoms with Gasteiger partial charge in [-0.05, 0) is 55.5 Å². The lowest BCUT2D eigenvalue weighted by Gasteiger charge is -2.19. The number of rotatable bonds is 11. The number of carbonyl (C=O) groups is 1. The summed E-state index contributed by atoms with van der Waals surface area (Å²) < 4.78 is 44.1. The van der Waals surface area contributed by atoms with Crippen molar-refractivity contribution in [3.05, 3.63) is 53.2 Å². The Hall–Kier alpha value is -2.28. The minimum absolute atomic E-state index is 0.0782. The molecule has 2 aromatic rings. The zero-order valence-electron chi connectivity index (χ0n) is 17.7. The second kappa shape index (κ2) is 11.9.